The van der Waals surface area contributed by atoms with Crippen LogP contribution in [0, 0.1) is 19.8 Å². The molecule has 0 aromatic carbocycles. The number of rotatable bonds is 5. The van der Waals surface area contributed by atoms with Gasteiger partial charge in [-0.2, -0.15) is 0 Å². The van der Waals surface area contributed by atoms with E-state index in [0.29, 0.717) is 23.4 Å². The number of aromatic nitrogens is 2. The molecule has 0 bridgehead atoms. The van der Waals surface area contributed by atoms with Gasteiger partial charge in [0.15, 0.2) is 5.16 Å². The van der Waals surface area contributed by atoms with Gasteiger partial charge in [0.2, 0.25) is 5.91 Å². The molecule has 1 amide bonds. The molecule has 0 saturated heterocycles. The van der Waals surface area contributed by atoms with Crippen molar-refractivity contribution >= 4 is 39.2 Å². The van der Waals surface area contributed by atoms with E-state index in [0.717, 1.165) is 27.1 Å². The summed E-state index contributed by atoms with van der Waals surface area (Å²) in [4.78, 5) is 31.8. The Hall–Kier alpha value is -1.34. The lowest BCUT2D eigenvalue weighted by molar-refractivity contribution is -0.119. The Labute approximate surface area is 162 Å². The highest BCUT2D eigenvalue weighted by Gasteiger charge is 2.23. The number of thioether (sulfide) groups is 1. The van der Waals surface area contributed by atoms with Crippen LogP contribution in [0.5, 0.6) is 0 Å². The molecule has 2 aromatic heterocycles. The molecule has 26 heavy (non-hydrogen) atoms. The number of amides is 1. The molecule has 0 aliphatic heterocycles. The Kier molecular flexibility index (Phi) is 6.07. The molecule has 1 aliphatic rings. The molecule has 2 atom stereocenters. The molecule has 7 heteroatoms. The van der Waals surface area contributed by atoms with E-state index in [2.05, 4.69) is 17.2 Å². The van der Waals surface area contributed by atoms with Crippen molar-refractivity contribution in [2.24, 2.45) is 5.92 Å². The second-order valence-electron chi connectivity index (χ2n) is 7.13. The van der Waals surface area contributed by atoms with Crippen LogP contribution in [0.2, 0.25) is 0 Å². The number of carbonyl (C=O) groups excluding carboxylic acids is 1. The summed E-state index contributed by atoms with van der Waals surface area (Å²) in [6.07, 6.45) is 4.69. The van der Waals surface area contributed by atoms with Crippen molar-refractivity contribution in [1.82, 2.24) is 14.9 Å². The third kappa shape index (κ3) is 3.83. The predicted octanol–water partition coefficient (Wildman–Crippen LogP) is 3.88. The zero-order chi connectivity index (χ0) is 18.8. The molecule has 1 N–H and O–H groups in total. The summed E-state index contributed by atoms with van der Waals surface area (Å²) in [6.45, 7) is 8.70. The van der Waals surface area contributed by atoms with Gasteiger partial charge in [-0.05, 0) is 45.1 Å². The third-order valence-corrected chi connectivity index (χ3v) is 7.44. The fraction of sp³-hybridized carbons (Fsp3) is 0.632. The number of carbonyl (C=O) groups is 1. The Balaban J connectivity index is 1.76. The van der Waals surface area contributed by atoms with Gasteiger partial charge >= 0.3 is 0 Å². The van der Waals surface area contributed by atoms with E-state index in [1.54, 1.807) is 15.9 Å². The summed E-state index contributed by atoms with van der Waals surface area (Å²) in [6, 6.07) is 0.281. The van der Waals surface area contributed by atoms with Crippen molar-refractivity contribution in [2.75, 3.05) is 5.75 Å². The van der Waals surface area contributed by atoms with Gasteiger partial charge in [-0.3, -0.25) is 14.2 Å². The maximum absolute atomic E-state index is 12.8. The minimum absolute atomic E-state index is 0.00293. The number of nitrogens with zero attached hydrogens (tertiary/aromatic N) is 2. The van der Waals surface area contributed by atoms with E-state index >= 15 is 0 Å². The molecule has 0 radical (unpaired) electrons. The first-order chi connectivity index (χ1) is 12.4. The lowest BCUT2D eigenvalue weighted by atomic mass is 9.86. The topological polar surface area (TPSA) is 64.0 Å². The van der Waals surface area contributed by atoms with Crippen molar-refractivity contribution in [3.8, 4) is 0 Å². The standard InChI is InChI=1S/C19H27N3O2S2/c1-5-22-18(24)16-12(3)13(4)26-17(16)21-19(22)25-10-15(23)20-14-9-7-6-8-11(14)2/h11,14H,5-10H2,1-4H3,(H,20,23)/t11-,14+/m1/s1. The number of nitrogens with one attached hydrogen (secondary N) is 1. The zero-order valence-electron chi connectivity index (χ0n) is 15.9. The molecule has 5 nitrogen and oxygen atoms in total. The number of thiophene rings is 1. The van der Waals surface area contributed by atoms with Gasteiger partial charge in [-0.1, -0.05) is 31.5 Å². The number of hydrogen-bond donors (Lipinski definition) is 1. The molecule has 142 valence electrons. The van der Waals surface area contributed by atoms with E-state index in [4.69, 9.17) is 0 Å². The van der Waals surface area contributed by atoms with Gasteiger partial charge in [0.05, 0.1) is 11.1 Å². The largest absolute Gasteiger partial charge is 0.352 e. The maximum Gasteiger partial charge on any atom is 0.263 e. The van der Waals surface area contributed by atoms with Crippen molar-refractivity contribution < 1.29 is 4.79 Å². The van der Waals surface area contributed by atoms with Crippen LogP contribution in [-0.2, 0) is 11.3 Å². The molecule has 0 spiro atoms. The van der Waals surface area contributed by atoms with Crippen LogP contribution in [0.3, 0.4) is 0 Å². The summed E-state index contributed by atoms with van der Waals surface area (Å²) in [5.74, 6) is 0.868. The Morgan fingerprint density at radius 1 is 1.35 bits per heavy atom. The average Bonchev–Trinajstić information content (AvgIpc) is 2.89. The SMILES string of the molecule is CCn1c(SCC(=O)N[C@H]2CCCC[C@H]2C)nc2sc(C)c(C)c2c1=O. The van der Waals surface area contributed by atoms with Crippen molar-refractivity contribution in [2.45, 2.75) is 71.1 Å². The summed E-state index contributed by atoms with van der Waals surface area (Å²) in [5.41, 5.74) is 1.02. The maximum atomic E-state index is 12.8. The number of hydrogen-bond acceptors (Lipinski definition) is 5. The highest BCUT2D eigenvalue weighted by molar-refractivity contribution is 7.99. The van der Waals surface area contributed by atoms with E-state index in [-0.39, 0.29) is 17.5 Å². The molecule has 1 fully saturated rings. The van der Waals surface area contributed by atoms with Crippen LogP contribution >= 0.6 is 23.1 Å². The predicted molar refractivity (Wildman–Crippen MR) is 109 cm³/mol. The quantitative estimate of drug-likeness (QED) is 0.618. The summed E-state index contributed by atoms with van der Waals surface area (Å²) in [5, 5.41) is 4.53. The fourth-order valence-corrected chi connectivity index (χ4v) is 5.55. The van der Waals surface area contributed by atoms with E-state index < -0.39 is 0 Å². The van der Waals surface area contributed by atoms with Crippen LogP contribution in [0.25, 0.3) is 10.2 Å². The van der Waals surface area contributed by atoms with Gasteiger partial charge in [0, 0.05) is 17.5 Å². The molecule has 1 saturated carbocycles. The second-order valence-corrected chi connectivity index (χ2v) is 9.28. The van der Waals surface area contributed by atoms with Gasteiger partial charge in [0.25, 0.3) is 5.56 Å². The fourth-order valence-electron chi connectivity index (χ4n) is 3.61. The highest BCUT2D eigenvalue weighted by atomic mass is 32.2. The minimum Gasteiger partial charge on any atom is -0.352 e. The van der Waals surface area contributed by atoms with Crippen LogP contribution in [0.15, 0.2) is 9.95 Å². The first-order valence-electron chi connectivity index (χ1n) is 9.35. The van der Waals surface area contributed by atoms with Crippen molar-refractivity contribution in [1.29, 1.82) is 0 Å². The van der Waals surface area contributed by atoms with Gasteiger partial charge in [-0.25, -0.2) is 4.98 Å². The van der Waals surface area contributed by atoms with Gasteiger partial charge in [0.1, 0.15) is 4.83 Å². The Bertz CT molecular complexity index is 872. The van der Waals surface area contributed by atoms with Crippen molar-refractivity contribution in [3.05, 3.63) is 20.8 Å². The molecule has 2 heterocycles. The minimum atomic E-state index is 0.00293. The average molecular weight is 394 g/mol. The van der Waals surface area contributed by atoms with Crippen LogP contribution < -0.4 is 10.9 Å². The van der Waals surface area contributed by atoms with Crippen molar-refractivity contribution in [3.63, 3.8) is 0 Å². The molecule has 3 rings (SSSR count). The Morgan fingerprint density at radius 3 is 2.77 bits per heavy atom. The summed E-state index contributed by atoms with van der Waals surface area (Å²) >= 11 is 2.91. The number of fused-ring (bicyclic) bond motifs is 1. The molecular weight excluding hydrogens is 366 g/mol. The third-order valence-electron chi connectivity index (χ3n) is 5.36. The van der Waals surface area contributed by atoms with Crippen LogP contribution in [0.4, 0.5) is 0 Å². The van der Waals surface area contributed by atoms with Crippen LogP contribution in [-0.4, -0.2) is 27.3 Å². The van der Waals surface area contributed by atoms with Crippen LogP contribution in [0.1, 0.15) is 50.0 Å². The highest BCUT2D eigenvalue weighted by Crippen LogP contribution is 2.28. The van der Waals surface area contributed by atoms with E-state index in [1.165, 1.54) is 31.0 Å². The Morgan fingerprint density at radius 2 is 2.08 bits per heavy atom. The summed E-state index contributed by atoms with van der Waals surface area (Å²) in [7, 11) is 0. The first-order valence-corrected chi connectivity index (χ1v) is 11.1. The monoisotopic (exact) mass is 393 g/mol. The number of aryl methyl sites for hydroxylation is 2. The normalized spacial score (nSPS) is 20.5. The first kappa shape index (κ1) is 19.4. The smallest absolute Gasteiger partial charge is 0.263 e. The second kappa shape index (κ2) is 8.13. The lowest BCUT2D eigenvalue weighted by Gasteiger charge is -2.29. The molecule has 1 aliphatic carbocycles. The summed E-state index contributed by atoms with van der Waals surface area (Å²) < 4.78 is 1.68. The van der Waals surface area contributed by atoms with E-state index in [1.807, 2.05) is 20.8 Å². The van der Waals surface area contributed by atoms with Gasteiger partial charge < -0.3 is 5.32 Å². The van der Waals surface area contributed by atoms with Gasteiger partial charge in [-0.15, -0.1) is 11.3 Å². The molecule has 2 aromatic rings. The molecule has 0 unspecified atom stereocenters. The van der Waals surface area contributed by atoms with E-state index in [9.17, 15) is 9.59 Å². The molecular formula is C19H27N3O2S2. The lowest BCUT2D eigenvalue weighted by Crippen LogP contribution is -2.41. The zero-order valence-corrected chi connectivity index (χ0v) is 17.6.